The van der Waals surface area contributed by atoms with Crippen LogP contribution in [0.3, 0.4) is 0 Å². The molecule has 0 aliphatic heterocycles. The van der Waals surface area contributed by atoms with Gasteiger partial charge in [0.15, 0.2) is 5.78 Å². The molecule has 0 N–H and O–H groups in total. The molecule has 0 aliphatic carbocycles. The van der Waals surface area contributed by atoms with Gasteiger partial charge in [0.2, 0.25) is 5.30 Å². The number of carbonyl (C=O) groups excluding carboxylic acids is 2. The first kappa shape index (κ1) is 19.2. The van der Waals surface area contributed by atoms with E-state index in [0.717, 1.165) is 16.7 Å². The van der Waals surface area contributed by atoms with Crippen molar-refractivity contribution in [1.82, 2.24) is 0 Å². The van der Waals surface area contributed by atoms with Crippen molar-refractivity contribution in [2.24, 2.45) is 5.41 Å². The first-order valence-corrected chi connectivity index (χ1v) is 9.54. The van der Waals surface area contributed by atoms with Gasteiger partial charge in [-0.2, -0.15) is 0 Å². The minimum atomic E-state index is -2.30. The highest BCUT2D eigenvalue weighted by molar-refractivity contribution is 7.71. The maximum Gasteiger partial charge on any atom is 0.454 e. The van der Waals surface area contributed by atoms with Crippen molar-refractivity contribution in [1.29, 1.82) is 0 Å². The highest BCUT2D eigenvalue weighted by atomic mass is 31.1. The second-order valence-electron chi connectivity index (χ2n) is 7.38. The smallest absolute Gasteiger partial charge is 0.288 e. The van der Waals surface area contributed by atoms with Gasteiger partial charge < -0.3 is 0 Å². The van der Waals surface area contributed by atoms with Gasteiger partial charge in [0, 0.05) is 5.56 Å². The summed E-state index contributed by atoms with van der Waals surface area (Å²) in [5, 5.41) is 0.319. The fourth-order valence-electron chi connectivity index (χ4n) is 2.60. The summed E-state index contributed by atoms with van der Waals surface area (Å²) < 4.78 is 12.8. The zero-order chi connectivity index (χ0) is 18.9. The molecular weight excluding hydrogens is 331 g/mol. The Kier molecular flexibility index (Phi) is 5.39. The van der Waals surface area contributed by atoms with Gasteiger partial charge >= 0.3 is 13.3 Å². The average Bonchev–Trinajstić information content (AvgIpc) is 2.57. The van der Waals surface area contributed by atoms with Crippen LogP contribution in [-0.2, 0) is 9.36 Å². The van der Waals surface area contributed by atoms with E-state index >= 15 is 0 Å². The first-order valence-electron chi connectivity index (χ1n) is 8.28. The summed E-state index contributed by atoms with van der Waals surface area (Å²) in [5.74, 6) is -0.193. The number of rotatable bonds is 4. The molecule has 1 atom stereocenters. The number of benzene rings is 2. The molecule has 2 aromatic rings. The summed E-state index contributed by atoms with van der Waals surface area (Å²) in [5.41, 5.74) is 2.96. The van der Waals surface area contributed by atoms with Crippen molar-refractivity contribution < 1.29 is 14.2 Å². The Morgan fingerprint density at radius 2 is 1.44 bits per heavy atom. The van der Waals surface area contributed by atoms with Gasteiger partial charge in [0.1, 0.15) is 0 Å². The summed E-state index contributed by atoms with van der Waals surface area (Å²) in [6, 6.07) is 10.4. The van der Waals surface area contributed by atoms with Gasteiger partial charge in [-0.15, -0.1) is 0 Å². The molecule has 0 spiro atoms. The van der Waals surface area contributed by atoms with Crippen molar-refractivity contribution in [3.8, 4) is 0 Å². The number of hydrogen-bond acceptors (Lipinski definition) is 3. The lowest BCUT2D eigenvalue weighted by Gasteiger charge is -2.11. The molecule has 0 bridgehead atoms. The summed E-state index contributed by atoms with van der Waals surface area (Å²) in [4.78, 5) is 25.5. The highest BCUT2D eigenvalue weighted by Gasteiger charge is 2.43. The minimum absolute atomic E-state index is 0.193. The van der Waals surface area contributed by atoms with Crippen molar-refractivity contribution >= 4 is 24.4 Å². The van der Waals surface area contributed by atoms with E-state index in [4.69, 9.17) is 0 Å². The highest BCUT2D eigenvalue weighted by Crippen LogP contribution is 2.34. The van der Waals surface area contributed by atoms with Gasteiger partial charge in [0.25, 0.3) is 0 Å². The maximum absolute atomic E-state index is 13.1. The molecule has 4 heteroatoms. The molecule has 0 aliphatic rings. The largest absolute Gasteiger partial charge is 0.454 e. The van der Waals surface area contributed by atoms with E-state index in [1.807, 2.05) is 26.8 Å². The second kappa shape index (κ2) is 7.01. The number of carbonyl (C=O) groups is 2. The van der Waals surface area contributed by atoms with Crippen LogP contribution in [0.15, 0.2) is 36.4 Å². The molecule has 2 aromatic carbocycles. The van der Waals surface area contributed by atoms with Crippen LogP contribution in [0.25, 0.3) is 0 Å². The van der Waals surface area contributed by atoms with Gasteiger partial charge in [-0.3, -0.25) is 4.79 Å². The van der Waals surface area contributed by atoms with Crippen LogP contribution in [0, 0.1) is 26.2 Å². The van der Waals surface area contributed by atoms with Crippen molar-refractivity contribution in [2.45, 2.75) is 41.5 Å². The molecule has 0 saturated carbocycles. The van der Waals surface area contributed by atoms with Crippen LogP contribution in [0.1, 0.15) is 53.4 Å². The van der Waals surface area contributed by atoms with Crippen LogP contribution in [0.2, 0.25) is 0 Å². The van der Waals surface area contributed by atoms with E-state index in [1.165, 1.54) is 0 Å². The predicted molar refractivity (Wildman–Crippen MR) is 102 cm³/mol. The minimum Gasteiger partial charge on any atom is -0.288 e. The standard InChI is InChI=1S/C21H24O3P/c1-13-11-12-16(15(3)14(13)2)19(22)17-9-7-8-10-18(17)25(24)20(23)21(4,5)6/h7-12H,1-6H3/q+1. The molecule has 3 nitrogen and oxygen atoms in total. The lowest BCUT2D eigenvalue weighted by atomic mass is 9.93. The Morgan fingerprint density at radius 3 is 2.04 bits per heavy atom. The van der Waals surface area contributed by atoms with E-state index in [-0.39, 0.29) is 11.3 Å². The fourth-order valence-corrected chi connectivity index (χ4v) is 4.05. The van der Waals surface area contributed by atoms with E-state index in [2.05, 4.69) is 0 Å². The van der Waals surface area contributed by atoms with Crippen molar-refractivity contribution in [3.05, 3.63) is 64.2 Å². The van der Waals surface area contributed by atoms with Crippen molar-refractivity contribution in [2.75, 3.05) is 0 Å². The summed E-state index contributed by atoms with van der Waals surface area (Å²) >= 11 is 0. The molecule has 1 unspecified atom stereocenters. The zero-order valence-electron chi connectivity index (χ0n) is 15.6. The Hall–Kier alpha value is -2.12. The van der Waals surface area contributed by atoms with E-state index in [0.29, 0.717) is 16.4 Å². The Bertz CT molecular complexity index is 873. The molecule has 0 fully saturated rings. The molecule has 0 radical (unpaired) electrons. The quantitative estimate of drug-likeness (QED) is 0.581. The molecule has 0 heterocycles. The molecule has 25 heavy (non-hydrogen) atoms. The fraction of sp³-hybridized carbons (Fsp3) is 0.333. The Balaban J connectivity index is 2.55. The summed E-state index contributed by atoms with van der Waals surface area (Å²) in [6.07, 6.45) is 0. The van der Waals surface area contributed by atoms with Crippen LogP contribution in [0.5, 0.6) is 0 Å². The lowest BCUT2D eigenvalue weighted by molar-refractivity contribution is -0.118. The Labute approximate surface area is 150 Å². The molecule has 0 amide bonds. The average molecular weight is 355 g/mol. The van der Waals surface area contributed by atoms with Gasteiger partial charge in [-0.05, 0) is 70.4 Å². The zero-order valence-corrected chi connectivity index (χ0v) is 16.5. The maximum atomic E-state index is 13.1. The summed E-state index contributed by atoms with van der Waals surface area (Å²) in [7, 11) is -2.30. The monoisotopic (exact) mass is 355 g/mol. The molecule has 130 valence electrons. The third-order valence-corrected chi connectivity index (χ3v) is 6.36. The Morgan fingerprint density at radius 1 is 0.840 bits per heavy atom. The topological polar surface area (TPSA) is 51.2 Å². The third-order valence-electron chi connectivity index (χ3n) is 4.50. The van der Waals surface area contributed by atoms with E-state index in [9.17, 15) is 14.2 Å². The van der Waals surface area contributed by atoms with Crippen LogP contribution in [0.4, 0.5) is 0 Å². The van der Waals surface area contributed by atoms with Gasteiger partial charge in [-0.25, -0.2) is 4.79 Å². The van der Waals surface area contributed by atoms with Gasteiger partial charge in [-0.1, -0.05) is 28.8 Å². The van der Waals surface area contributed by atoms with Crippen LogP contribution in [-0.4, -0.2) is 11.3 Å². The summed E-state index contributed by atoms with van der Waals surface area (Å²) in [6.45, 7) is 11.1. The molecular formula is C21H24O3P+. The number of hydrogen-bond donors (Lipinski definition) is 0. The van der Waals surface area contributed by atoms with E-state index in [1.54, 1.807) is 51.1 Å². The molecule has 2 rings (SSSR count). The van der Waals surface area contributed by atoms with Gasteiger partial charge in [0.05, 0.1) is 11.0 Å². The molecule has 0 saturated heterocycles. The number of aryl methyl sites for hydroxylation is 1. The second-order valence-corrected chi connectivity index (χ2v) is 8.85. The number of ketones is 1. The van der Waals surface area contributed by atoms with Crippen LogP contribution < -0.4 is 5.30 Å². The normalized spacial score (nSPS) is 12.0. The van der Waals surface area contributed by atoms with E-state index < -0.39 is 13.2 Å². The third kappa shape index (κ3) is 3.77. The first-order chi connectivity index (χ1) is 11.6. The lowest BCUT2D eigenvalue weighted by Crippen LogP contribution is -2.23. The predicted octanol–water partition coefficient (Wildman–Crippen LogP) is 4.87. The molecule has 0 aromatic heterocycles. The van der Waals surface area contributed by atoms with Crippen LogP contribution >= 0.6 is 7.80 Å². The van der Waals surface area contributed by atoms with Crippen molar-refractivity contribution in [3.63, 3.8) is 0 Å². The SMILES string of the molecule is Cc1ccc(C(=O)c2ccccc2[P+](=O)C(=O)C(C)(C)C)c(C)c1C.